The quantitative estimate of drug-likeness (QED) is 0.719. The Balaban J connectivity index is 2.13. The number of nitrogens with zero attached hydrogens (tertiary/aromatic N) is 1. The summed E-state index contributed by atoms with van der Waals surface area (Å²) >= 11 is 9.51. The maximum atomic E-state index is 9.21. The third-order valence-corrected chi connectivity index (χ3v) is 4.08. The molecule has 0 spiro atoms. The van der Waals surface area contributed by atoms with E-state index >= 15 is 0 Å². The summed E-state index contributed by atoms with van der Waals surface area (Å²) in [5, 5.41) is 9.80. The molecule has 1 fully saturated rings. The van der Waals surface area contributed by atoms with Crippen molar-refractivity contribution >= 4 is 27.5 Å². The number of benzene rings is 1. The molecule has 2 nitrogen and oxygen atoms in total. The standard InChI is InChI=1S/C14H15BrClNO/c15-11-6-7-14(12(16)8-11)18-13-5-3-1-2-4-10(13)9-17/h6-8,10,13H,1-5H2. The lowest BCUT2D eigenvalue weighted by atomic mass is 9.99. The lowest BCUT2D eigenvalue weighted by molar-refractivity contribution is 0.152. The van der Waals surface area contributed by atoms with Crippen LogP contribution in [-0.2, 0) is 0 Å². The van der Waals surface area contributed by atoms with Crippen LogP contribution in [0.2, 0.25) is 5.02 Å². The summed E-state index contributed by atoms with van der Waals surface area (Å²) in [6, 6.07) is 7.94. The van der Waals surface area contributed by atoms with Gasteiger partial charge in [-0.15, -0.1) is 0 Å². The van der Waals surface area contributed by atoms with Crippen LogP contribution in [0.15, 0.2) is 22.7 Å². The minimum Gasteiger partial charge on any atom is -0.487 e. The van der Waals surface area contributed by atoms with Crippen LogP contribution in [0.3, 0.4) is 0 Å². The van der Waals surface area contributed by atoms with Gasteiger partial charge in [0.25, 0.3) is 0 Å². The van der Waals surface area contributed by atoms with E-state index in [0.29, 0.717) is 10.8 Å². The third kappa shape index (κ3) is 3.40. The maximum Gasteiger partial charge on any atom is 0.138 e. The number of hydrogen-bond acceptors (Lipinski definition) is 2. The molecule has 0 aromatic heterocycles. The molecular weight excluding hydrogens is 314 g/mol. The number of ether oxygens (including phenoxy) is 1. The van der Waals surface area contributed by atoms with Gasteiger partial charge in [0.05, 0.1) is 17.0 Å². The Kier molecular flexibility index (Phi) is 4.91. The minimum atomic E-state index is -0.0313. The van der Waals surface area contributed by atoms with Gasteiger partial charge in [-0.3, -0.25) is 0 Å². The van der Waals surface area contributed by atoms with E-state index in [4.69, 9.17) is 16.3 Å². The molecule has 18 heavy (non-hydrogen) atoms. The predicted octanol–water partition coefficient (Wildman–Crippen LogP) is 4.95. The normalized spacial score (nSPS) is 24.1. The van der Waals surface area contributed by atoms with Crippen molar-refractivity contribution in [1.29, 1.82) is 5.26 Å². The van der Waals surface area contributed by atoms with Gasteiger partial charge in [0.15, 0.2) is 0 Å². The van der Waals surface area contributed by atoms with Crippen molar-refractivity contribution in [2.24, 2.45) is 5.92 Å². The molecule has 1 saturated carbocycles. The van der Waals surface area contributed by atoms with Crippen LogP contribution in [-0.4, -0.2) is 6.10 Å². The predicted molar refractivity (Wildman–Crippen MR) is 75.8 cm³/mol. The zero-order valence-electron chi connectivity index (χ0n) is 10.0. The van der Waals surface area contributed by atoms with Gasteiger partial charge >= 0.3 is 0 Å². The summed E-state index contributed by atoms with van der Waals surface area (Å²) in [6.07, 6.45) is 5.26. The molecule has 4 heteroatoms. The van der Waals surface area contributed by atoms with Crippen molar-refractivity contribution in [3.63, 3.8) is 0 Å². The molecule has 2 atom stereocenters. The third-order valence-electron chi connectivity index (χ3n) is 3.29. The number of hydrogen-bond donors (Lipinski definition) is 0. The van der Waals surface area contributed by atoms with Gasteiger partial charge < -0.3 is 4.74 Å². The fraction of sp³-hybridized carbons (Fsp3) is 0.500. The van der Waals surface area contributed by atoms with Gasteiger partial charge in [0.1, 0.15) is 11.9 Å². The largest absolute Gasteiger partial charge is 0.487 e. The fourth-order valence-corrected chi connectivity index (χ4v) is 3.01. The van der Waals surface area contributed by atoms with Crippen LogP contribution in [0.4, 0.5) is 0 Å². The minimum absolute atomic E-state index is 0.0211. The first-order valence-corrected chi connectivity index (χ1v) is 7.39. The highest BCUT2D eigenvalue weighted by atomic mass is 79.9. The first kappa shape index (κ1) is 13.7. The highest BCUT2D eigenvalue weighted by Gasteiger charge is 2.25. The Labute approximate surface area is 121 Å². The van der Waals surface area contributed by atoms with Crippen LogP contribution in [0.1, 0.15) is 32.1 Å². The SMILES string of the molecule is N#CC1CCCCCC1Oc1ccc(Br)cc1Cl. The molecule has 1 aliphatic rings. The molecule has 2 rings (SSSR count). The summed E-state index contributed by atoms with van der Waals surface area (Å²) in [5.74, 6) is 0.652. The van der Waals surface area contributed by atoms with E-state index in [9.17, 15) is 5.26 Å². The van der Waals surface area contributed by atoms with E-state index in [2.05, 4.69) is 22.0 Å². The van der Waals surface area contributed by atoms with Gasteiger partial charge in [0, 0.05) is 4.47 Å². The summed E-state index contributed by atoms with van der Waals surface area (Å²) in [4.78, 5) is 0. The molecule has 0 heterocycles. The van der Waals surface area contributed by atoms with Gasteiger partial charge in [-0.1, -0.05) is 40.4 Å². The Hall–Kier alpha value is -0.720. The van der Waals surface area contributed by atoms with E-state index in [-0.39, 0.29) is 12.0 Å². The summed E-state index contributed by atoms with van der Waals surface area (Å²) in [7, 11) is 0. The average molecular weight is 329 g/mol. The first-order chi connectivity index (χ1) is 8.70. The van der Waals surface area contributed by atoms with E-state index in [0.717, 1.165) is 30.2 Å². The fourth-order valence-electron chi connectivity index (χ4n) is 2.30. The molecule has 96 valence electrons. The molecule has 1 aromatic rings. The smallest absolute Gasteiger partial charge is 0.138 e. The van der Waals surface area contributed by atoms with Crippen molar-refractivity contribution in [3.8, 4) is 11.8 Å². The second-order valence-corrected chi connectivity index (χ2v) is 5.93. The van der Waals surface area contributed by atoms with Crippen LogP contribution in [0.5, 0.6) is 5.75 Å². The lowest BCUT2D eigenvalue weighted by Gasteiger charge is -2.21. The Bertz CT molecular complexity index is 458. The molecule has 0 aliphatic heterocycles. The monoisotopic (exact) mass is 327 g/mol. The van der Waals surface area contributed by atoms with Gasteiger partial charge in [-0.25, -0.2) is 0 Å². The van der Waals surface area contributed by atoms with Crippen molar-refractivity contribution in [3.05, 3.63) is 27.7 Å². The Morgan fingerprint density at radius 2 is 2.06 bits per heavy atom. The summed E-state index contributed by atoms with van der Waals surface area (Å²) < 4.78 is 6.88. The van der Waals surface area contributed by atoms with Crippen LogP contribution >= 0.6 is 27.5 Å². The molecular formula is C14H15BrClNO. The molecule has 0 radical (unpaired) electrons. The lowest BCUT2D eigenvalue weighted by Crippen LogP contribution is -2.25. The summed E-state index contributed by atoms with van der Waals surface area (Å²) in [5.41, 5.74) is 0. The Morgan fingerprint density at radius 1 is 1.28 bits per heavy atom. The highest BCUT2D eigenvalue weighted by molar-refractivity contribution is 9.10. The maximum absolute atomic E-state index is 9.21. The zero-order valence-corrected chi connectivity index (χ0v) is 12.4. The average Bonchev–Trinajstić information content (AvgIpc) is 2.57. The Morgan fingerprint density at radius 3 is 2.78 bits per heavy atom. The van der Waals surface area contributed by atoms with Crippen LogP contribution in [0.25, 0.3) is 0 Å². The molecule has 0 N–H and O–H groups in total. The second-order valence-electron chi connectivity index (χ2n) is 4.60. The van der Waals surface area contributed by atoms with Crippen molar-refractivity contribution in [1.82, 2.24) is 0 Å². The van der Waals surface area contributed by atoms with Crippen molar-refractivity contribution in [2.75, 3.05) is 0 Å². The number of nitriles is 1. The molecule has 0 saturated heterocycles. The molecule has 1 aliphatic carbocycles. The van der Waals surface area contributed by atoms with Crippen LogP contribution in [0, 0.1) is 17.2 Å². The molecule has 1 aromatic carbocycles. The topological polar surface area (TPSA) is 33.0 Å². The highest BCUT2D eigenvalue weighted by Crippen LogP contribution is 2.32. The van der Waals surface area contributed by atoms with Crippen molar-refractivity contribution < 1.29 is 4.74 Å². The zero-order chi connectivity index (χ0) is 13.0. The van der Waals surface area contributed by atoms with E-state index in [1.165, 1.54) is 6.42 Å². The second kappa shape index (κ2) is 6.45. The van der Waals surface area contributed by atoms with E-state index in [1.807, 2.05) is 18.2 Å². The molecule has 2 unspecified atom stereocenters. The van der Waals surface area contributed by atoms with E-state index < -0.39 is 0 Å². The van der Waals surface area contributed by atoms with Crippen LogP contribution < -0.4 is 4.74 Å². The summed E-state index contributed by atoms with van der Waals surface area (Å²) in [6.45, 7) is 0. The number of halogens is 2. The first-order valence-electron chi connectivity index (χ1n) is 6.22. The van der Waals surface area contributed by atoms with Gasteiger partial charge in [-0.2, -0.15) is 5.26 Å². The van der Waals surface area contributed by atoms with Gasteiger partial charge in [0.2, 0.25) is 0 Å². The molecule has 0 bridgehead atoms. The number of rotatable bonds is 2. The van der Waals surface area contributed by atoms with Gasteiger partial charge in [-0.05, 0) is 37.5 Å². The van der Waals surface area contributed by atoms with E-state index in [1.54, 1.807) is 0 Å². The molecule has 0 amide bonds. The van der Waals surface area contributed by atoms with Crippen molar-refractivity contribution in [2.45, 2.75) is 38.2 Å².